The maximum absolute atomic E-state index is 13.7. The second-order valence-electron chi connectivity index (χ2n) is 4.56. The lowest BCUT2D eigenvalue weighted by Gasteiger charge is -2.10. The van der Waals surface area contributed by atoms with Crippen molar-refractivity contribution in [3.05, 3.63) is 41.2 Å². The molecule has 0 aliphatic rings. The zero-order chi connectivity index (χ0) is 15.6. The topological polar surface area (TPSA) is 103 Å². The van der Waals surface area contributed by atoms with E-state index in [1.165, 1.54) is 30.1 Å². The molecule has 21 heavy (non-hydrogen) atoms. The Balaban J connectivity index is 2.29. The fourth-order valence-electron chi connectivity index (χ4n) is 1.81. The van der Waals surface area contributed by atoms with Gasteiger partial charge in [-0.05, 0) is 24.6 Å². The molecule has 0 saturated carbocycles. The molecule has 1 aromatic carbocycles. The normalized spacial score (nSPS) is 11.8. The van der Waals surface area contributed by atoms with Gasteiger partial charge in [-0.2, -0.15) is 5.10 Å². The van der Waals surface area contributed by atoms with Crippen LogP contribution in [0.3, 0.4) is 0 Å². The van der Waals surface area contributed by atoms with Crippen LogP contribution in [0, 0.1) is 12.7 Å². The first kappa shape index (κ1) is 15.5. The first-order valence-electron chi connectivity index (χ1n) is 6.16. The molecule has 1 aromatic heterocycles. The van der Waals surface area contributed by atoms with Gasteiger partial charge in [0.2, 0.25) is 10.0 Å². The molecular formula is C12H16FN5O2S. The van der Waals surface area contributed by atoms with Crippen molar-refractivity contribution in [1.29, 1.82) is 0 Å². The number of halogens is 1. The van der Waals surface area contributed by atoms with Gasteiger partial charge in [0.15, 0.2) is 5.82 Å². The predicted molar refractivity (Wildman–Crippen MR) is 74.1 cm³/mol. The molecule has 2 aromatic rings. The Morgan fingerprint density at radius 3 is 2.71 bits per heavy atom. The molecule has 1 heterocycles. The highest BCUT2D eigenvalue weighted by atomic mass is 32.2. The number of hydrogen-bond donors (Lipinski definition) is 2. The van der Waals surface area contributed by atoms with Crippen LogP contribution in [0.5, 0.6) is 0 Å². The van der Waals surface area contributed by atoms with Gasteiger partial charge >= 0.3 is 0 Å². The average Bonchev–Trinajstić information content (AvgIpc) is 2.85. The molecule has 0 aliphatic heterocycles. The van der Waals surface area contributed by atoms with Crippen LogP contribution in [0.2, 0.25) is 0 Å². The summed E-state index contributed by atoms with van der Waals surface area (Å²) in [5.41, 5.74) is 5.91. The van der Waals surface area contributed by atoms with Crippen molar-refractivity contribution >= 4 is 10.0 Å². The Morgan fingerprint density at radius 2 is 2.14 bits per heavy atom. The van der Waals surface area contributed by atoms with Gasteiger partial charge in [-0.1, -0.05) is 0 Å². The Bertz CT molecular complexity index is 757. The molecule has 0 fully saturated rings. The Hall–Kier alpha value is -1.84. The van der Waals surface area contributed by atoms with E-state index >= 15 is 0 Å². The number of nitrogens with two attached hydrogens (primary N) is 1. The largest absolute Gasteiger partial charge is 0.326 e. The van der Waals surface area contributed by atoms with E-state index < -0.39 is 15.8 Å². The van der Waals surface area contributed by atoms with Gasteiger partial charge < -0.3 is 5.73 Å². The molecule has 0 spiro atoms. The number of rotatable bonds is 5. The molecular weight excluding hydrogens is 297 g/mol. The van der Waals surface area contributed by atoms with E-state index in [4.69, 9.17) is 5.73 Å². The van der Waals surface area contributed by atoms with Crippen LogP contribution in [-0.2, 0) is 30.2 Å². The molecule has 0 unspecified atom stereocenters. The van der Waals surface area contributed by atoms with Crippen LogP contribution in [-0.4, -0.2) is 23.2 Å². The van der Waals surface area contributed by atoms with Crippen LogP contribution in [0.25, 0.3) is 0 Å². The van der Waals surface area contributed by atoms with Gasteiger partial charge in [0, 0.05) is 19.2 Å². The van der Waals surface area contributed by atoms with Crippen LogP contribution in [0.4, 0.5) is 4.39 Å². The van der Waals surface area contributed by atoms with E-state index in [0.29, 0.717) is 11.4 Å². The van der Waals surface area contributed by atoms with Crippen molar-refractivity contribution in [1.82, 2.24) is 19.5 Å². The summed E-state index contributed by atoms with van der Waals surface area (Å²) < 4.78 is 42.1. The van der Waals surface area contributed by atoms with Gasteiger partial charge in [-0.3, -0.25) is 4.68 Å². The summed E-state index contributed by atoms with van der Waals surface area (Å²) in [6, 6.07) is 2.60. The number of nitrogens with zero attached hydrogens (tertiary/aromatic N) is 3. The monoisotopic (exact) mass is 313 g/mol. The second-order valence-corrected chi connectivity index (χ2v) is 6.30. The highest BCUT2D eigenvalue weighted by molar-refractivity contribution is 7.89. The van der Waals surface area contributed by atoms with Gasteiger partial charge in [-0.25, -0.2) is 22.5 Å². The highest BCUT2D eigenvalue weighted by Crippen LogP contribution is 2.20. The summed E-state index contributed by atoms with van der Waals surface area (Å²) in [6.45, 7) is 1.39. The summed E-state index contributed by atoms with van der Waals surface area (Å²) in [6.07, 6.45) is 1.46. The highest BCUT2D eigenvalue weighted by Gasteiger charge is 2.20. The van der Waals surface area contributed by atoms with E-state index in [0.717, 1.165) is 0 Å². The van der Waals surface area contributed by atoms with Gasteiger partial charge in [0.05, 0.1) is 11.4 Å². The number of hydrogen-bond acceptors (Lipinski definition) is 5. The predicted octanol–water partition coefficient (Wildman–Crippen LogP) is 0.200. The number of nitrogens with one attached hydrogen (secondary N) is 1. The number of sulfonamides is 1. The van der Waals surface area contributed by atoms with E-state index in [9.17, 15) is 12.8 Å². The lowest BCUT2D eigenvalue weighted by Crippen LogP contribution is -2.25. The van der Waals surface area contributed by atoms with Crippen molar-refractivity contribution < 1.29 is 12.8 Å². The van der Waals surface area contributed by atoms with Crippen molar-refractivity contribution in [3.63, 3.8) is 0 Å². The molecule has 3 N–H and O–H groups in total. The van der Waals surface area contributed by atoms with Gasteiger partial charge in [-0.15, -0.1) is 0 Å². The Morgan fingerprint density at radius 1 is 1.43 bits per heavy atom. The Labute approximate surface area is 122 Å². The number of aromatic nitrogens is 3. The smallest absolute Gasteiger partial charge is 0.241 e. The van der Waals surface area contributed by atoms with E-state index in [-0.39, 0.29) is 23.5 Å². The molecule has 0 aliphatic carbocycles. The summed E-state index contributed by atoms with van der Waals surface area (Å²) in [4.78, 5) is 3.79. The fraction of sp³-hybridized carbons (Fsp3) is 0.333. The fourth-order valence-corrected chi connectivity index (χ4v) is 3.09. The maximum Gasteiger partial charge on any atom is 0.241 e. The molecule has 114 valence electrons. The van der Waals surface area contributed by atoms with E-state index in [2.05, 4.69) is 14.8 Å². The lowest BCUT2D eigenvalue weighted by atomic mass is 10.1. The molecule has 2 rings (SSSR count). The average molecular weight is 313 g/mol. The summed E-state index contributed by atoms with van der Waals surface area (Å²) >= 11 is 0. The summed E-state index contributed by atoms with van der Waals surface area (Å²) in [7, 11) is -2.19. The summed E-state index contributed by atoms with van der Waals surface area (Å²) in [5.74, 6) is -0.275. The number of benzene rings is 1. The molecule has 0 amide bonds. The standard InChI is InChI=1S/C12H16FN5O2S/c1-8-10(13)3-9(5-14)4-11(8)21(19,20)16-6-12-15-7-18(2)17-12/h3-4,7,16H,5-6,14H2,1-2H3. The van der Waals surface area contributed by atoms with E-state index in [1.807, 2.05) is 0 Å². The quantitative estimate of drug-likeness (QED) is 0.821. The molecule has 0 atom stereocenters. The Kier molecular flexibility index (Phi) is 4.35. The third-order valence-electron chi connectivity index (χ3n) is 2.95. The van der Waals surface area contributed by atoms with Gasteiger partial charge in [0.1, 0.15) is 12.1 Å². The zero-order valence-corrected chi connectivity index (χ0v) is 12.5. The van der Waals surface area contributed by atoms with E-state index in [1.54, 1.807) is 7.05 Å². The van der Waals surface area contributed by atoms with Crippen molar-refractivity contribution in [2.75, 3.05) is 0 Å². The molecule has 7 nitrogen and oxygen atoms in total. The molecule has 9 heteroatoms. The minimum absolute atomic E-state index is 0.0497. The first-order valence-corrected chi connectivity index (χ1v) is 7.65. The van der Waals surface area contributed by atoms with Crippen LogP contribution in [0.1, 0.15) is 17.0 Å². The minimum Gasteiger partial charge on any atom is -0.326 e. The maximum atomic E-state index is 13.7. The molecule has 0 radical (unpaired) electrons. The zero-order valence-electron chi connectivity index (χ0n) is 11.7. The van der Waals surface area contributed by atoms with Crippen LogP contribution in [0.15, 0.2) is 23.4 Å². The van der Waals surface area contributed by atoms with Crippen LogP contribution < -0.4 is 10.5 Å². The first-order chi connectivity index (χ1) is 9.83. The van der Waals surface area contributed by atoms with Crippen LogP contribution >= 0.6 is 0 Å². The second kappa shape index (κ2) is 5.88. The van der Waals surface area contributed by atoms with Crippen molar-refractivity contribution in [2.24, 2.45) is 12.8 Å². The summed E-state index contributed by atoms with van der Waals surface area (Å²) in [5, 5.41) is 3.97. The van der Waals surface area contributed by atoms with Crippen molar-refractivity contribution in [2.45, 2.75) is 24.9 Å². The third kappa shape index (κ3) is 3.43. The van der Waals surface area contributed by atoms with Gasteiger partial charge in [0.25, 0.3) is 0 Å². The SMILES string of the molecule is Cc1c(F)cc(CN)cc1S(=O)(=O)NCc1ncn(C)n1. The third-order valence-corrected chi connectivity index (χ3v) is 4.48. The molecule has 0 saturated heterocycles. The number of aryl methyl sites for hydroxylation is 1. The lowest BCUT2D eigenvalue weighted by molar-refractivity contribution is 0.571. The molecule has 0 bridgehead atoms. The minimum atomic E-state index is -3.87. The van der Waals surface area contributed by atoms with Crippen molar-refractivity contribution in [3.8, 4) is 0 Å².